The number of nitrogens with zero attached hydrogens (tertiary/aromatic N) is 1. The summed E-state index contributed by atoms with van der Waals surface area (Å²) in [4.78, 5) is 4.22. The van der Waals surface area contributed by atoms with Gasteiger partial charge in [0.15, 0.2) is 0 Å². The van der Waals surface area contributed by atoms with Crippen LogP contribution >= 0.6 is 0 Å². The van der Waals surface area contributed by atoms with E-state index in [1.54, 1.807) is 13.3 Å². The highest BCUT2D eigenvalue weighted by Crippen LogP contribution is 2.28. The molecule has 1 aromatic heterocycles. The predicted molar refractivity (Wildman–Crippen MR) is 81.7 cm³/mol. The smallest absolute Gasteiger partial charge is 0.217 e. The minimum atomic E-state index is 0.265. The third kappa shape index (κ3) is 3.00. The van der Waals surface area contributed by atoms with Gasteiger partial charge in [0.2, 0.25) is 5.88 Å². The number of ether oxygens (including phenoxy) is 2. The van der Waals surface area contributed by atoms with Crippen LogP contribution in [0.1, 0.15) is 29.7 Å². The van der Waals surface area contributed by atoms with E-state index >= 15 is 0 Å². The van der Waals surface area contributed by atoms with Gasteiger partial charge in [-0.3, -0.25) is 0 Å². The molecule has 0 saturated carbocycles. The Balaban J connectivity index is 1.67. The highest BCUT2D eigenvalue weighted by atomic mass is 16.5. The van der Waals surface area contributed by atoms with E-state index in [-0.39, 0.29) is 6.04 Å². The number of fused-ring (bicyclic) bond motifs is 1. The monoisotopic (exact) mass is 284 g/mol. The Labute approximate surface area is 125 Å². The minimum Gasteiger partial charge on any atom is -0.493 e. The summed E-state index contributed by atoms with van der Waals surface area (Å²) in [5, 5.41) is 3.52. The van der Waals surface area contributed by atoms with Gasteiger partial charge >= 0.3 is 0 Å². The Morgan fingerprint density at radius 1 is 1.38 bits per heavy atom. The maximum absolute atomic E-state index is 5.55. The molecule has 2 heterocycles. The van der Waals surface area contributed by atoms with Crippen LogP contribution in [0.4, 0.5) is 0 Å². The van der Waals surface area contributed by atoms with Gasteiger partial charge in [0.05, 0.1) is 13.7 Å². The van der Waals surface area contributed by atoms with E-state index in [0.29, 0.717) is 5.88 Å². The van der Waals surface area contributed by atoms with Gasteiger partial charge in [-0.15, -0.1) is 0 Å². The van der Waals surface area contributed by atoms with E-state index in [2.05, 4.69) is 35.4 Å². The molecule has 4 heteroatoms. The van der Waals surface area contributed by atoms with Crippen LogP contribution in [0.25, 0.3) is 0 Å². The van der Waals surface area contributed by atoms with Gasteiger partial charge < -0.3 is 14.8 Å². The number of hydrogen-bond acceptors (Lipinski definition) is 4. The van der Waals surface area contributed by atoms with Crippen molar-refractivity contribution in [3.63, 3.8) is 0 Å². The largest absolute Gasteiger partial charge is 0.493 e. The van der Waals surface area contributed by atoms with Gasteiger partial charge in [0, 0.05) is 30.8 Å². The van der Waals surface area contributed by atoms with Crippen LogP contribution in [0.15, 0.2) is 36.5 Å². The number of benzene rings is 1. The average Bonchev–Trinajstić information content (AvgIpc) is 3.00. The Hall–Kier alpha value is -2.07. The molecule has 1 unspecified atom stereocenters. The van der Waals surface area contributed by atoms with Crippen LogP contribution in [0.3, 0.4) is 0 Å². The fourth-order valence-electron chi connectivity index (χ4n) is 2.60. The molecule has 0 saturated heterocycles. The molecule has 3 rings (SSSR count). The molecule has 1 aromatic carbocycles. The topological polar surface area (TPSA) is 43.4 Å². The molecule has 0 bridgehead atoms. The van der Waals surface area contributed by atoms with Crippen molar-refractivity contribution in [1.82, 2.24) is 10.3 Å². The number of hydrogen-bond donors (Lipinski definition) is 1. The van der Waals surface area contributed by atoms with Crippen LogP contribution in [-0.2, 0) is 13.0 Å². The SMILES string of the molecule is COc1ncccc1CNC(C)c1ccc2c(c1)CCO2. The minimum absolute atomic E-state index is 0.265. The lowest BCUT2D eigenvalue weighted by Gasteiger charge is -2.16. The van der Waals surface area contributed by atoms with Crippen molar-refractivity contribution in [1.29, 1.82) is 0 Å². The van der Waals surface area contributed by atoms with Crippen LogP contribution in [-0.4, -0.2) is 18.7 Å². The zero-order chi connectivity index (χ0) is 14.7. The molecule has 1 N–H and O–H groups in total. The molecular formula is C17H20N2O2. The third-order valence-electron chi connectivity index (χ3n) is 3.86. The van der Waals surface area contributed by atoms with Crippen LogP contribution in [0.2, 0.25) is 0 Å². The molecule has 1 aliphatic rings. The van der Waals surface area contributed by atoms with Crippen LogP contribution < -0.4 is 14.8 Å². The van der Waals surface area contributed by atoms with Gasteiger partial charge in [0.1, 0.15) is 5.75 Å². The number of nitrogens with one attached hydrogen (secondary N) is 1. The van der Waals surface area contributed by atoms with E-state index in [9.17, 15) is 0 Å². The van der Waals surface area contributed by atoms with Gasteiger partial charge in [-0.2, -0.15) is 0 Å². The molecule has 1 atom stereocenters. The van der Waals surface area contributed by atoms with E-state index in [4.69, 9.17) is 9.47 Å². The second-order valence-corrected chi connectivity index (χ2v) is 5.24. The summed E-state index contributed by atoms with van der Waals surface area (Å²) in [5.41, 5.74) is 3.65. The van der Waals surface area contributed by atoms with Crippen molar-refractivity contribution in [3.8, 4) is 11.6 Å². The zero-order valence-corrected chi connectivity index (χ0v) is 12.4. The van der Waals surface area contributed by atoms with Gasteiger partial charge in [0.25, 0.3) is 0 Å². The number of pyridine rings is 1. The quantitative estimate of drug-likeness (QED) is 0.917. The summed E-state index contributed by atoms with van der Waals surface area (Å²) >= 11 is 0. The van der Waals surface area contributed by atoms with Crippen molar-refractivity contribution >= 4 is 0 Å². The van der Waals surface area contributed by atoms with E-state index in [1.165, 1.54) is 11.1 Å². The molecule has 0 fully saturated rings. The Kier molecular flexibility index (Phi) is 4.06. The number of rotatable bonds is 5. The molecule has 0 amide bonds. The normalized spacial score (nSPS) is 14.4. The molecule has 4 nitrogen and oxygen atoms in total. The fourth-order valence-corrected chi connectivity index (χ4v) is 2.60. The lowest BCUT2D eigenvalue weighted by Crippen LogP contribution is -2.18. The highest BCUT2D eigenvalue weighted by Gasteiger charge is 2.14. The molecule has 0 radical (unpaired) electrons. The molecule has 2 aromatic rings. The Bertz CT molecular complexity index is 628. The lowest BCUT2D eigenvalue weighted by atomic mass is 10.0. The summed E-state index contributed by atoms with van der Waals surface area (Å²) in [6.45, 7) is 3.69. The van der Waals surface area contributed by atoms with E-state index < -0.39 is 0 Å². The van der Waals surface area contributed by atoms with Gasteiger partial charge in [-0.25, -0.2) is 4.98 Å². The molecule has 110 valence electrons. The summed E-state index contributed by atoms with van der Waals surface area (Å²) in [7, 11) is 1.65. The van der Waals surface area contributed by atoms with Gasteiger partial charge in [-0.1, -0.05) is 18.2 Å². The molecule has 21 heavy (non-hydrogen) atoms. The molecular weight excluding hydrogens is 264 g/mol. The average molecular weight is 284 g/mol. The molecule has 0 spiro atoms. The van der Waals surface area contributed by atoms with Crippen LogP contribution in [0.5, 0.6) is 11.6 Å². The maximum atomic E-state index is 5.55. The number of aromatic nitrogens is 1. The Morgan fingerprint density at radius 2 is 2.29 bits per heavy atom. The number of methoxy groups -OCH3 is 1. The van der Waals surface area contributed by atoms with Crippen molar-refractivity contribution in [3.05, 3.63) is 53.2 Å². The first kappa shape index (κ1) is 13.9. The summed E-state index contributed by atoms with van der Waals surface area (Å²) in [5.74, 6) is 1.71. The molecule has 1 aliphatic heterocycles. The molecule has 0 aliphatic carbocycles. The first-order chi connectivity index (χ1) is 10.3. The predicted octanol–water partition coefficient (Wildman–Crippen LogP) is 2.88. The first-order valence-electron chi connectivity index (χ1n) is 7.25. The summed E-state index contributed by atoms with van der Waals surface area (Å²) < 4.78 is 10.8. The van der Waals surface area contributed by atoms with Crippen LogP contribution in [0, 0.1) is 0 Å². The second-order valence-electron chi connectivity index (χ2n) is 5.24. The Morgan fingerprint density at radius 3 is 3.14 bits per heavy atom. The van der Waals surface area contributed by atoms with E-state index in [1.807, 2.05) is 12.1 Å². The summed E-state index contributed by atoms with van der Waals surface area (Å²) in [6, 6.07) is 10.7. The third-order valence-corrected chi connectivity index (χ3v) is 3.86. The standard InChI is InChI=1S/C17H20N2O2/c1-12(13-5-6-16-14(10-13)7-9-21-16)19-11-15-4-3-8-18-17(15)20-2/h3-6,8,10,12,19H,7,9,11H2,1-2H3. The zero-order valence-electron chi connectivity index (χ0n) is 12.4. The maximum Gasteiger partial charge on any atom is 0.217 e. The second kappa shape index (κ2) is 6.14. The summed E-state index contributed by atoms with van der Waals surface area (Å²) in [6.07, 6.45) is 2.75. The lowest BCUT2D eigenvalue weighted by molar-refractivity contribution is 0.356. The van der Waals surface area contributed by atoms with Crippen molar-refractivity contribution in [2.45, 2.75) is 25.9 Å². The van der Waals surface area contributed by atoms with Crippen molar-refractivity contribution in [2.24, 2.45) is 0 Å². The van der Waals surface area contributed by atoms with Gasteiger partial charge in [-0.05, 0) is 30.2 Å². The fraction of sp³-hybridized carbons (Fsp3) is 0.353. The van der Waals surface area contributed by atoms with Crippen molar-refractivity contribution in [2.75, 3.05) is 13.7 Å². The first-order valence-corrected chi connectivity index (χ1v) is 7.25. The van der Waals surface area contributed by atoms with Crippen molar-refractivity contribution < 1.29 is 9.47 Å². The van der Waals surface area contributed by atoms with E-state index in [0.717, 1.165) is 30.9 Å². The highest BCUT2D eigenvalue weighted by molar-refractivity contribution is 5.40.